The minimum Gasteiger partial charge on any atom is -0.493 e. The van der Waals surface area contributed by atoms with Crippen LogP contribution in [0.5, 0.6) is 34.5 Å². The number of methoxy groups -OCH3 is 3. The maximum Gasteiger partial charge on any atom is 0.170 e. The number of ether oxygens (including phenoxy) is 6. The maximum atomic E-state index is 7.39. The van der Waals surface area contributed by atoms with E-state index < -0.39 is 0 Å². The van der Waals surface area contributed by atoms with E-state index in [-0.39, 0.29) is 18.3 Å². The van der Waals surface area contributed by atoms with E-state index >= 15 is 0 Å². The van der Waals surface area contributed by atoms with Crippen LogP contribution in [0.25, 0.3) is 231 Å². The van der Waals surface area contributed by atoms with Gasteiger partial charge >= 0.3 is 0 Å². The highest BCUT2D eigenvalue weighted by Gasteiger charge is 2.42. The van der Waals surface area contributed by atoms with Crippen LogP contribution in [-0.4, -0.2) is 39.6 Å². The zero-order valence-electron chi connectivity index (χ0n) is 71.1. The molecule has 638 valence electrons. The minimum atomic E-state index is -0.0673. The van der Waals surface area contributed by atoms with Gasteiger partial charge in [-0.25, -0.2) is 0 Å². The number of benzene rings is 18. The first-order valence-electron chi connectivity index (χ1n) is 45.1. The number of rotatable bonds is 12. The summed E-state index contributed by atoms with van der Waals surface area (Å²) in [5.41, 5.74) is 15.4. The third kappa shape index (κ3) is 12.3. The standard InChI is InChI=1S/C112H82O18/c1-113-94-40-64-67(73-49-103-109(128-91-25-13-10-22-88(91)122-103)55-79(73)76-52-106-100(46-70(64)76)119-82-16-4-7-19-85(82)125-106)43-97(94)116-61-34-28-58(29-35-61)112(59-30-36-62(37-31-59)117-98-44-68-65(41-95(98)114-2)71-47-101-107(126-86-20-8-5-17-83(86)120-101)53-77(71)80-56-110-104(50-74(68)80)123-89-23-11-14-26-92(89)129-110)60-32-38-63(39-33-60)118-99-45-69-66(42-96(99)115-3)72-48-102-108(127-87-21-9-6-18-84(87)121-102)54-78(72)81-57-111-105(51-75(69)81)124-90-24-12-15-27-93(90)130-111/h4-27,40-63,112H,28-39H2,1-3H3. The van der Waals surface area contributed by atoms with E-state index in [1.165, 1.54) is 0 Å². The fourth-order valence-electron chi connectivity index (χ4n) is 22.4. The summed E-state index contributed by atoms with van der Waals surface area (Å²) in [5, 5.41) is 17.5. The van der Waals surface area contributed by atoms with Crippen molar-refractivity contribution in [3.05, 3.63) is 255 Å². The molecule has 18 heteroatoms. The minimum absolute atomic E-state index is 0.0673. The Morgan fingerprint density at radius 3 is 0.438 bits per heavy atom. The number of hydrogen-bond acceptors (Lipinski definition) is 18. The van der Waals surface area contributed by atoms with Gasteiger partial charge in [-0.2, -0.15) is 0 Å². The van der Waals surface area contributed by atoms with Crippen LogP contribution in [0.2, 0.25) is 0 Å². The van der Waals surface area contributed by atoms with Crippen molar-refractivity contribution in [1.82, 2.24) is 0 Å². The highest BCUT2D eigenvalue weighted by Crippen LogP contribution is 2.54. The smallest absolute Gasteiger partial charge is 0.170 e. The van der Waals surface area contributed by atoms with Crippen LogP contribution in [0.4, 0.5) is 0 Å². The van der Waals surface area contributed by atoms with Crippen LogP contribution in [0.15, 0.2) is 308 Å². The second-order valence-electron chi connectivity index (χ2n) is 35.7. The second-order valence-corrected chi connectivity index (χ2v) is 35.7. The van der Waals surface area contributed by atoms with Gasteiger partial charge < -0.3 is 81.4 Å². The lowest BCUT2D eigenvalue weighted by Crippen LogP contribution is -2.40. The maximum absolute atomic E-state index is 7.39. The molecule has 0 N–H and O–H groups in total. The van der Waals surface area contributed by atoms with E-state index in [1.54, 1.807) is 21.3 Å². The first kappa shape index (κ1) is 74.9. The quantitative estimate of drug-likeness (QED) is 0.0821. The third-order valence-corrected chi connectivity index (χ3v) is 28.4. The predicted molar refractivity (Wildman–Crippen MR) is 509 cm³/mol. The Morgan fingerprint density at radius 1 is 0.169 bits per heavy atom. The van der Waals surface area contributed by atoms with E-state index in [9.17, 15) is 0 Å². The Hall–Kier alpha value is -15.3. The first-order valence-corrected chi connectivity index (χ1v) is 45.1. The number of fused-ring (bicyclic) bond motifs is 30. The Kier molecular flexibility index (Phi) is 16.9. The molecule has 0 bridgehead atoms. The Morgan fingerprint density at radius 2 is 0.300 bits per heavy atom. The number of para-hydroxylation sites is 12. The van der Waals surface area contributed by atoms with Gasteiger partial charge in [0.05, 0.1) is 39.6 Å². The molecule has 0 amide bonds. The van der Waals surface area contributed by atoms with Crippen LogP contribution >= 0.6 is 0 Å². The summed E-state index contributed by atoms with van der Waals surface area (Å²) in [6.07, 6.45) is 11.2. The summed E-state index contributed by atoms with van der Waals surface area (Å²) in [4.78, 5) is 0. The average Bonchev–Trinajstić information content (AvgIpc) is 0.723. The van der Waals surface area contributed by atoms with E-state index in [0.717, 1.165) is 174 Å². The van der Waals surface area contributed by atoms with Crippen LogP contribution < -0.4 is 28.4 Å². The van der Waals surface area contributed by atoms with Crippen molar-refractivity contribution >= 4 is 231 Å². The van der Waals surface area contributed by atoms with Gasteiger partial charge in [-0.3, -0.25) is 0 Å². The lowest BCUT2D eigenvalue weighted by molar-refractivity contribution is 0.00911. The van der Waals surface area contributed by atoms with Crippen molar-refractivity contribution in [2.45, 2.75) is 95.4 Å². The van der Waals surface area contributed by atoms with Gasteiger partial charge in [0.1, 0.15) is 0 Å². The van der Waals surface area contributed by atoms with Crippen molar-refractivity contribution in [2.75, 3.05) is 21.3 Å². The Balaban J connectivity index is 0.524. The van der Waals surface area contributed by atoms with Crippen LogP contribution in [0.3, 0.4) is 0 Å². The fraction of sp³-hybridized carbons (Fsp3) is 0.196. The van der Waals surface area contributed by atoms with E-state index in [2.05, 4.69) is 109 Å². The van der Waals surface area contributed by atoms with E-state index in [1.807, 2.05) is 146 Å². The fourth-order valence-corrected chi connectivity index (χ4v) is 22.4. The SMILES string of the molecule is COc1cc2c(cc1OC1CCC(C(C3CCC(Oc4cc5c(cc4OC)c4cc6oc7ccccc7oc6cc4c4cc6oc7ccccc7oc6cc54)CC3)C3CCC(Oc4cc5c(cc4OC)c4cc6oc7ccccc7oc6cc4c4cc6oc7ccccc7oc6cc54)CC3)CC1)c1cc3oc4ccccc4oc3cc1c1cc3oc4ccccc4oc3cc21. The summed E-state index contributed by atoms with van der Waals surface area (Å²) >= 11 is 0. The molecule has 0 radical (unpaired) electrons. The van der Waals surface area contributed by atoms with Crippen molar-refractivity contribution in [3.8, 4) is 34.5 Å². The molecular formula is C112H82O18. The lowest BCUT2D eigenvalue weighted by atomic mass is 9.61. The molecule has 6 heterocycles. The van der Waals surface area contributed by atoms with Gasteiger partial charge in [-0.05, 0) is 380 Å². The predicted octanol–water partition coefficient (Wildman–Crippen LogP) is 32.2. The van der Waals surface area contributed by atoms with Gasteiger partial charge in [-0.15, -0.1) is 0 Å². The van der Waals surface area contributed by atoms with Crippen molar-refractivity contribution < 1.29 is 81.4 Å². The molecule has 18 aromatic carbocycles. The molecule has 0 spiro atoms. The summed E-state index contributed by atoms with van der Waals surface area (Å²) in [6, 6.07) is 84.6. The normalized spacial score (nSPS) is 18.0. The Labute approximate surface area is 737 Å². The summed E-state index contributed by atoms with van der Waals surface area (Å²) < 4.78 is 121. The van der Waals surface area contributed by atoms with Crippen LogP contribution in [-0.2, 0) is 0 Å². The summed E-state index contributed by atoms with van der Waals surface area (Å²) in [5.74, 6) is 5.83. The molecule has 0 aliphatic heterocycles. The largest absolute Gasteiger partial charge is 0.493 e. The van der Waals surface area contributed by atoms with E-state index in [4.69, 9.17) is 81.4 Å². The monoisotopic (exact) mass is 1710 g/mol. The average molecular weight is 1720 g/mol. The third-order valence-electron chi connectivity index (χ3n) is 28.4. The lowest BCUT2D eigenvalue weighted by Gasteiger charge is -2.46. The second kappa shape index (κ2) is 29.4. The van der Waals surface area contributed by atoms with Crippen molar-refractivity contribution in [2.24, 2.45) is 23.7 Å². The number of hydrogen-bond donors (Lipinski definition) is 0. The first-order chi connectivity index (χ1) is 64.1. The summed E-state index contributed by atoms with van der Waals surface area (Å²) in [7, 11) is 5.20. The zero-order valence-corrected chi connectivity index (χ0v) is 71.1. The molecule has 0 unspecified atom stereocenters. The van der Waals surface area contributed by atoms with Crippen molar-refractivity contribution in [1.29, 1.82) is 0 Å². The highest BCUT2D eigenvalue weighted by molar-refractivity contribution is 6.32. The van der Waals surface area contributed by atoms with E-state index in [0.29, 0.717) is 192 Å². The molecular weight excluding hydrogens is 1630 g/mol. The molecule has 18 nitrogen and oxygen atoms in total. The molecule has 27 rings (SSSR count). The zero-order chi connectivity index (χ0) is 85.7. The van der Waals surface area contributed by atoms with Crippen molar-refractivity contribution in [3.63, 3.8) is 0 Å². The molecule has 6 aromatic heterocycles. The molecule has 3 aliphatic rings. The molecule has 0 saturated heterocycles. The van der Waals surface area contributed by atoms with Gasteiger partial charge in [0, 0.05) is 0 Å². The molecule has 3 fully saturated rings. The van der Waals surface area contributed by atoms with Gasteiger partial charge in [-0.1, -0.05) is 72.8 Å². The highest BCUT2D eigenvalue weighted by atomic mass is 16.5. The van der Waals surface area contributed by atoms with Crippen LogP contribution in [0.1, 0.15) is 77.0 Å². The summed E-state index contributed by atoms with van der Waals surface area (Å²) in [6.45, 7) is 0. The van der Waals surface area contributed by atoms with Gasteiger partial charge in [0.15, 0.2) is 168 Å². The van der Waals surface area contributed by atoms with Gasteiger partial charge in [0.2, 0.25) is 0 Å². The molecule has 130 heavy (non-hydrogen) atoms. The molecule has 24 aromatic rings. The molecule has 0 atom stereocenters. The van der Waals surface area contributed by atoms with Gasteiger partial charge in [0.25, 0.3) is 0 Å². The van der Waals surface area contributed by atoms with Crippen LogP contribution in [0, 0.1) is 23.7 Å². The molecule has 3 aliphatic carbocycles. The molecule has 3 saturated carbocycles. The Bertz CT molecular complexity index is 8210. The topological polar surface area (TPSA) is 213 Å².